The molecule has 0 aliphatic heterocycles. The summed E-state index contributed by atoms with van der Waals surface area (Å²) in [7, 11) is 0. The number of benzene rings is 1. The molecule has 2 aromatic rings. The lowest BCUT2D eigenvalue weighted by molar-refractivity contribution is 0.598. The minimum Gasteiger partial charge on any atom is -0.367 e. The van der Waals surface area contributed by atoms with Crippen molar-refractivity contribution in [2.24, 2.45) is 0 Å². The van der Waals surface area contributed by atoms with E-state index in [-0.39, 0.29) is 5.82 Å². The van der Waals surface area contributed by atoms with E-state index in [4.69, 9.17) is 0 Å². The average Bonchev–Trinajstić information content (AvgIpc) is 2.79. The van der Waals surface area contributed by atoms with Gasteiger partial charge in [-0.2, -0.15) is 0 Å². The number of halogens is 1. The first kappa shape index (κ1) is 10.9. The van der Waals surface area contributed by atoms with Gasteiger partial charge >= 0.3 is 0 Å². The van der Waals surface area contributed by atoms with Crippen molar-refractivity contribution in [3.63, 3.8) is 0 Å². The molecular formula is C13H15FN2. The van der Waals surface area contributed by atoms with E-state index in [0.717, 1.165) is 25.1 Å². The maximum absolute atomic E-state index is 13.3. The monoisotopic (exact) mass is 218 g/mol. The molecule has 84 valence electrons. The second-order valence-electron chi connectivity index (χ2n) is 3.74. The molecule has 1 heterocycles. The van der Waals surface area contributed by atoms with Crippen molar-refractivity contribution >= 4 is 0 Å². The van der Waals surface area contributed by atoms with Crippen LogP contribution in [0.4, 0.5) is 4.39 Å². The fraction of sp³-hybridized carbons (Fsp3) is 0.231. The second kappa shape index (κ2) is 5.47. The number of hydrogen-bond acceptors (Lipinski definition) is 1. The first-order valence-electron chi connectivity index (χ1n) is 5.42. The summed E-state index contributed by atoms with van der Waals surface area (Å²) in [6.45, 7) is 1.60. The van der Waals surface area contributed by atoms with Crippen LogP contribution < -0.4 is 5.32 Å². The molecule has 0 saturated heterocycles. The Bertz CT molecular complexity index is 423. The Morgan fingerprint density at radius 3 is 2.81 bits per heavy atom. The second-order valence-corrected chi connectivity index (χ2v) is 3.74. The van der Waals surface area contributed by atoms with Gasteiger partial charge in [-0.25, -0.2) is 4.39 Å². The molecule has 0 fully saturated rings. The van der Waals surface area contributed by atoms with Gasteiger partial charge in [0.05, 0.1) is 0 Å². The quantitative estimate of drug-likeness (QED) is 0.741. The van der Waals surface area contributed by atoms with Gasteiger partial charge in [0.25, 0.3) is 0 Å². The number of aromatic amines is 1. The minimum atomic E-state index is -0.119. The van der Waals surface area contributed by atoms with Crippen LogP contribution in [-0.4, -0.2) is 11.5 Å². The molecule has 3 heteroatoms. The molecule has 1 aromatic carbocycles. The van der Waals surface area contributed by atoms with Gasteiger partial charge in [0.2, 0.25) is 0 Å². The molecular weight excluding hydrogens is 203 g/mol. The van der Waals surface area contributed by atoms with E-state index in [1.807, 2.05) is 30.6 Å². The molecule has 0 aliphatic carbocycles. The van der Waals surface area contributed by atoms with Crippen molar-refractivity contribution < 1.29 is 4.39 Å². The van der Waals surface area contributed by atoms with Gasteiger partial charge in [-0.3, -0.25) is 0 Å². The van der Waals surface area contributed by atoms with Crippen molar-refractivity contribution in [1.82, 2.24) is 10.3 Å². The van der Waals surface area contributed by atoms with Crippen molar-refractivity contribution in [2.45, 2.75) is 13.0 Å². The summed E-state index contributed by atoms with van der Waals surface area (Å²) in [5, 5.41) is 3.28. The maximum atomic E-state index is 13.3. The van der Waals surface area contributed by atoms with Gasteiger partial charge < -0.3 is 10.3 Å². The van der Waals surface area contributed by atoms with Crippen LogP contribution in [0.5, 0.6) is 0 Å². The molecule has 0 aliphatic rings. The van der Waals surface area contributed by atoms with Crippen molar-refractivity contribution in [1.29, 1.82) is 0 Å². The van der Waals surface area contributed by atoms with Crippen LogP contribution in [0.3, 0.4) is 0 Å². The van der Waals surface area contributed by atoms with Crippen LogP contribution in [0.2, 0.25) is 0 Å². The molecule has 1 aromatic heterocycles. The normalized spacial score (nSPS) is 10.6. The molecule has 0 bridgehead atoms. The van der Waals surface area contributed by atoms with Gasteiger partial charge in [-0.05, 0) is 36.2 Å². The standard InChI is InChI=1S/C13H15FN2/c14-13-4-2-1-3-12(13)6-8-16-10-11-5-7-15-9-11/h1-5,7,9,15-16H,6,8,10H2. The third-order valence-corrected chi connectivity index (χ3v) is 2.52. The first-order chi connectivity index (χ1) is 7.86. The number of H-pyrrole nitrogens is 1. The van der Waals surface area contributed by atoms with E-state index in [1.165, 1.54) is 11.6 Å². The molecule has 0 saturated carbocycles. The predicted octanol–water partition coefficient (Wildman–Crippen LogP) is 2.49. The summed E-state index contributed by atoms with van der Waals surface area (Å²) in [5.41, 5.74) is 1.98. The molecule has 2 nitrogen and oxygen atoms in total. The van der Waals surface area contributed by atoms with Gasteiger partial charge in [0.15, 0.2) is 0 Å². The van der Waals surface area contributed by atoms with E-state index in [9.17, 15) is 4.39 Å². The fourth-order valence-corrected chi connectivity index (χ4v) is 1.63. The Kier molecular flexibility index (Phi) is 3.72. The smallest absolute Gasteiger partial charge is 0.126 e. The molecule has 2 N–H and O–H groups in total. The lowest BCUT2D eigenvalue weighted by Gasteiger charge is -2.04. The summed E-state index contributed by atoms with van der Waals surface area (Å²) in [5.74, 6) is -0.119. The molecule has 2 rings (SSSR count). The molecule has 0 unspecified atom stereocenters. The summed E-state index contributed by atoms with van der Waals surface area (Å²) in [6, 6.07) is 8.93. The minimum absolute atomic E-state index is 0.119. The largest absolute Gasteiger partial charge is 0.367 e. The zero-order valence-corrected chi connectivity index (χ0v) is 9.04. The number of nitrogens with one attached hydrogen (secondary N) is 2. The van der Waals surface area contributed by atoms with Crippen LogP contribution in [-0.2, 0) is 13.0 Å². The van der Waals surface area contributed by atoms with E-state index in [2.05, 4.69) is 10.3 Å². The van der Waals surface area contributed by atoms with Crippen molar-refractivity contribution in [3.8, 4) is 0 Å². The number of aromatic nitrogens is 1. The molecule has 0 amide bonds. The van der Waals surface area contributed by atoms with E-state index < -0.39 is 0 Å². The van der Waals surface area contributed by atoms with E-state index >= 15 is 0 Å². The molecule has 16 heavy (non-hydrogen) atoms. The third kappa shape index (κ3) is 2.94. The van der Waals surface area contributed by atoms with Crippen molar-refractivity contribution in [3.05, 3.63) is 59.7 Å². The van der Waals surface area contributed by atoms with E-state index in [0.29, 0.717) is 0 Å². The Morgan fingerprint density at radius 2 is 2.06 bits per heavy atom. The lowest BCUT2D eigenvalue weighted by Crippen LogP contribution is -2.16. The maximum Gasteiger partial charge on any atom is 0.126 e. The van der Waals surface area contributed by atoms with Crippen LogP contribution in [0.15, 0.2) is 42.7 Å². The highest BCUT2D eigenvalue weighted by atomic mass is 19.1. The Hall–Kier alpha value is -1.61. The highest BCUT2D eigenvalue weighted by Crippen LogP contribution is 2.06. The fourth-order valence-electron chi connectivity index (χ4n) is 1.63. The SMILES string of the molecule is Fc1ccccc1CCNCc1cc[nH]c1. The van der Waals surface area contributed by atoms with Gasteiger partial charge in [-0.1, -0.05) is 18.2 Å². The molecule has 0 atom stereocenters. The van der Waals surface area contributed by atoms with Crippen LogP contribution in [0.1, 0.15) is 11.1 Å². The highest BCUT2D eigenvalue weighted by molar-refractivity contribution is 5.17. The summed E-state index contributed by atoms with van der Waals surface area (Å²) in [4.78, 5) is 3.00. The van der Waals surface area contributed by atoms with Gasteiger partial charge in [0, 0.05) is 18.9 Å². The predicted molar refractivity (Wildman–Crippen MR) is 62.6 cm³/mol. The number of rotatable bonds is 5. The highest BCUT2D eigenvalue weighted by Gasteiger charge is 1.99. The Balaban J connectivity index is 1.74. The first-order valence-corrected chi connectivity index (χ1v) is 5.42. The van der Waals surface area contributed by atoms with Crippen molar-refractivity contribution in [2.75, 3.05) is 6.54 Å². The Labute approximate surface area is 94.5 Å². The number of hydrogen-bond donors (Lipinski definition) is 2. The Morgan fingerprint density at radius 1 is 1.19 bits per heavy atom. The average molecular weight is 218 g/mol. The summed E-state index contributed by atoms with van der Waals surface area (Å²) in [6.07, 6.45) is 4.57. The molecule has 0 radical (unpaired) electrons. The van der Waals surface area contributed by atoms with Crippen LogP contribution in [0.25, 0.3) is 0 Å². The van der Waals surface area contributed by atoms with Gasteiger partial charge in [-0.15, -0.1) is 0 Å². The summed E-state index contributed by atoms with van der Waals surface area (Å²) >= 11 is 0. The van der Waals surface area contributed by atoms with Crippen LogP contribution >= 0.6 is 0 Å². The summed E-state index contributed by atoms with van der Waals surface area (Å²) < 4.78 is 13.3. The topological polar surface area (TPSA) is 27.8 Å². The van der Waals surface area contributed by atoms with Crippen LogP contribution in [0, 0.1) is 5.82 Å². The molecule has 0 spiro atoms. The lowest BCUT2D eigenvalue weighted by atomic mass is 10.1. The van der Waals surface area contributed by atoms with E-state index in [1.54, 1.807) is 6.07 Å². The third-order valence-electron chi connectivity index (χ3n) is 2.52. The zero-order chi connectivity index (χ0) is 11.2. The van der Waals surface area contributed by atoms with Gasteiger partial charge in [0.1, 0.15) is 5.82 Å². The zero-order valence-electron chi connectivity index (χ0n) is 9.04.